The second-order valence-electron chi connectivity index (χ2n) is 8.52. The van der Waals surface area contributed by atoms with Crippen molar-refractivity contribution in [2.45, 2.75) is 72.1 Å². The standard InChI is InChI=1S/C19H33N3O6/c1-11(2)14(21-18(27)28-19(4,5)6)16(24)22-9-7-13(8-10-22)15(23)20-12(3)17(25)26/h11-14H,7-10H2,1-6H3,(H,20,23)(H,21,27)(H,25,26)/p-1/t12-,14-/m0/s1. The van der Waals surface area contributed by atoms with Crippen LogP contribution in [0.5, 0.6) is 0 Å². The van der Waals surface area contributed by atoms with E-state index in [9.17, 15) is 24.3 Å². The molecule has 28 heavy (non-hydrogen) atoms. The zero-order chi connectivity index (χ0) is 21.6. The third-order valence-electron chi connectivity index (χ3n) is 4.49. The summed E-state index contributed by atoms with van der Waals surface area (Å²) in [6.07, 6.45) is 0.202. The van der Waals surface area contributed by atoms with Crippen LogP contribution in [-0.2, 0) is 19.1 Å². The van der Waals surface area contributed by atoms with Crippen LogP contribution in [0.3, 0.4) is 0 Å². The van der Waals surface area contributed by atoms with E-state index in [0.717, 1.165) is 0 Å². The Labute approximate surface area is 166 Å². The van der Waals surface area contributed by atoms with Gasteiger partial charge in [-0.3, -0.25) is 9.59 Å². The second-order valence-corrected chi connectivity index (χ2v) is 8.52. The molecule has 0 saturated carbocycles. The summed E-state index contributed by atoms with van der Waals surface area (Å²) in [5, 5.41) is 15.8. The molecule has 0 aromatic rings. The molecule has 1 aliphatic rings. The van der Waals surface area contributed by atoms with Gasteiger partial charge in [-0.15, -0.1) is 0 Å². The molecule has 0 radical (unpaired) electrons. The van der Waals surface area contributed by atoms with Gasteiger partial charge in [0.25, 0.3) is 0 Å². The number of nitrogens with zero attached hydrogens (tertiary/aromatic N) is 1. The lowest BCUT2D eigenvalue weighted by Gasteiger charge is -2.35. The molecule has 1 rings (SSSR count). The first kappa shape index (κ1) is 23.7. The van der Waals surface area contributed by atoms with Crippen molar-refractivity contribution in [2.75, 3.05) is 13.1 Å². The summed E-state index contributed by atoms with van der Waals surface area (Å²) >= 11 is 0. The molecular formula is C19H32N3O6-. The smallest absolute Gasteiger partial charge is 0.408 e. The molecule has 0 spiro atoms. The van der Waals surface area contributed by atoms with Crippen LogP contribution >= 0.6 is 0 Å². The lowest BCUT2D eigenvalue weighted by molar-refractivity contribution is -0.307. The van der Waals surface area contributed by atoms with Crippen molar-refractivity contribution in [3.8, 4) is 0 Å². The topological polar surface area (TPSA) is 128 Å². The van der Waals surface area contributed by atoms with Crippen LogP contribution in [0.1, 0.15) is 54.4 Å². The Bertz CT molecular complexity index is 591. The normalized spacial score (nSPS) is 17.6. The van der Waals surface area contributed by atoms with Crippen LogP contribution < -0.4 is 15.7 Å². The number of amides is 3. The number of likely N-dealkylation sites (tertiary alicyclic amines) is 1. The number of aliphatic carboxylic acids is 1. The largest absolute Gasteiger partial charge is 0.548 e. The average molecular weight is 398 g/mol. The quantitative estimate of drug-likeness (QED) is 0.650. The number of hydrogen-bond acceptors (Lipinski definition) is 6. The zero-order valence-corrected chi connectivity index (χ0v) is 17.5. The van der Waals surface area contributed by atoms with Gasteiger partial charge in [-0.25, -0.2) is 4.79 Å². The molecule has 9 nitrogen and oxygen atoms in total. The number of carbonyl (C=O) groups excluding carboxylic acids is 4. The van der Waals surface area contributed by atoms with Gasteiger partial charge in [-0.2, -0.15) is 0 Å². The van der Waals surface area contributed by atoms with Crippen molar-refractivity contribution < 1.29 is 29.0 Å². The molecular weight excluding hydrogens is 366 g/mol. The van der Waals surface area contributed by atoms with Crippen LogP contribution in [0.4, 0.5) is 4.79 Å². The maximum atomic E-state index is 12.9. The van der Waals surface area contributed by atoms with Gasteiger partial charge in [0, 0.05) is 19.0 Å². The average Bonchev–Trinajstić information content (AvgIpc) is 2.57. The predicted molar refractivity (Wildman–Crippen MR) is 99.9 cm³/mol. The minimum absolute atomic E-state index is 0.134. The van der Waals surface area contributed by atoms with Crippen molar-refractivity contribution in [3.63, 3.8) is 0 Å². The number of carbonyl (C=O) groups is 4. The Hall–Kier alpha value is -2.32. The maximum absolute atomic E-state index is 12.9. The van der Waals surface area contributed by atoms with Crippen LogP contribution in [0, 0.1) is 11.8 Å². The lowest BCUT2D eigenvalue weighted by Crippen LogP contribution is -2.55. The van der Waals surface area contributed by atoms with Gasteiger partial charge in [0.15, 0.2) is 0 Å². The van der Waals surface area contributed by atoms with E-state index in [1.807, 2.05) is 13.8 Å². The van der Waals surface area contributed by atoms with E-state index in [1.54, 1.807) is 25.7 Å². The number of carboxylic acid groups (broad SMARTS) is 1. The highest BCUT2D eigenvalue weighted by Gasteiger charge is 2.34. The summed E-state index contributed by atoms with van der Waals surface area (Å²) in [4.78, 5) is 49.4. The summed E-state index contributed by atoms with van der Waals surface area (Å²) < 4.78 is 5.23. The van der Waals surface area contributed by atoms with Crippen LogP contribution in [-0.4, -0.2) is 59.6 Å². The van der Waals surface area contributed by atoms with E-state index in [0.29, 0.717) is 25.9 Å². The van der Waals surface area contributed by atoms with Crippen molar-refractivity contribution in [1.29, 1.82) is 0 Å². The van der Waals surface area contributed by atoms with E-state index in [-0.39, 0.29) is 23.7 Å². The molecule has 1 saturated heterocycles. The molecule has 160 valence electrons. The van der Waals surface area contributed by atoms with E-state index in [2.05, 4.69) is 10.6 Å². The highest BCUT2D eigenvalue weighted by atomic mass is 16.6. The molecule has 0 bridgehead atoms. The minimum atomic E-state index is -1.34. The third-order valence-corrected chi connectivity index (χ3v) is 4.49. The van der Waals surface area contributed by atoms with Gasteiger partial charge in [0.1, 0.15) is 11.6 Å². The molecule has 1 aliphatic heterocycles. The number of carboxylic acids is 1. The summed E-state index contributed by atoms with van der Waals surface area (Å²) in [7, 11) is 0. The molecule has 3 amide bonds. The Kier molecular flexibility index (Phi) is 8.26. The molecule has 9 heteroatoms. The van der Waals surface area contributed by atoms with Gasteiger partial charge >= 0.3 is 6.09 Å². The number of rotatable bonds is 6. The number of alkyl carbamates (subject to hydrolysis) is 1. The highest BCUT2D eigenvalue weighted by molar-refractivity contribution is 5.87. The van der Waals surface area contributed by atoms with Crippen molar-refractivity contribution >= 4 is 23.9 Å². The van der Waals surface area contributed by atoms with Crippen LogP contribution in [0.25, 0.3) is 0 Å². The van der Waals surface area contributed by atoms with Crippen LogP contribution in [0.2, 0.25) is 0 Å². The van der Waals surface area contributed by atoms with E-state index >= 15 is 0 Å². The number of ether oxygens (including phenoxy) is 1. The van der Waals surface area contributed by atoms with Crippen molar-refractivity contribution in [3.05, 3.63) is 0 Å². The van der Waals surface area contributed by atoms with Gasteiger partial charge < -0.3 is 30.2 Å². The Morgan fingerprint density at radius 1 is 1.04 bits per heavy atom. The van der Waals surface area contributed by atoms with Crippen LogP contribution in [0.15, 0.2) is 0 Å². The first-order valence-corrected chi connectivity index (χ1v) is 9.61. The fourth-order valence-electron chi connectivity index (χ4n) is 2.90. The summed E-state index contributed by atoms with van der Waals surface area (Å²) in [5.41, 5.74) is -0.664. The maximum Gasteiger partial charge on any atom is 0.408 e. The fourth-order valence-corrected chi connectivity index (χ4v) is 2.90. The monoisotopic (exact) mass is 398 g/mol. The number of hydrogen-bond donors (Lipinski definition) is 2. The molecule has 2 N–H and O–H groups in total. The zero-order valence-electron chi connectivity index (χ0n) is 17.5. The van der Waals surface area contributed by atoms with Crippen molar-refractivity contribution in [2.24, 2.45) is 11.8 Å². The highest BCUT2D eigenvalue weighted by Crippen LogP contribution is 2.20. The minimum Gasteiger partial charge on any atom is -0.548 e. The van der Waals surface area contributed by atoms with Gasteiger partial charge in [0.2, 0.25) is 11.8 Å². The SMILES string of the molecule is CC(C)[C@H](NC(=O)OC(C)(C)C)C(=O)N1CCC(C(=O)N[C@@H](C)C(=O)[O-])CC1. The summed E-state index contributed by atoms with van der Waals surface area (Å²) in [6.45, 7) is 11.0. The molecule has 1 heterocycles. The number of nitrogens with one attached hydrogen (secondary N) is 2. The first-order valence-electron chi connectivity index (χ1n) is 9.61. The van der Waals surface area contributed by atoms with E-state index < -0.39 is 29.7 Å². The summed E-state index contributed by atoms with van der Waals surface area (Å²) in [6, 6.07) is -1.78. The molecule has 1 fully saturated rings. The van der Waals surface area contributed by atoms with Crippen molar-refractivity contribution in [1.82, 2.24) is 15.5 Å². The molecule has 0 aromatic carbocycles. The Morgan fingerprint density at radius 3 is 2.00 bits per heavy atom. The molecule has 0 unspecified atom stereocenters. The molecule has 2 atom stereocenters. The summed E-state index contributed by atoms with van der Waals surface area (Å²) in [5.74, 6) is -2.40. The lowest BCUT2D eigenvalue weighted by atomic mass is 9.94. The third kappa shape index (κ3) is 7.36. The predicted octanol–water partition coefficient (Wildman–Crippen LogP) is 0.0289. The van der Waals surface area contributed by atoms with Gasteiger partial charge in [0.05, 0.1) is 12.0 Å². The van der Waals surface area contributed by atoms with Gasteiger partial charge in [-0.05, 0) is 46.5 Å². The Balaban J connectivity index is 2.63. The second kappa shape index (κ2) is 9.75. The molecule has 0 aliphatic carbocycles. The van der Waals surface area contributed by atoms with Gasteiger partial charge in [-0.1, -0.05) is 13.8 Å². The molecule has 0 aromatic heterocycles. The first-order chi connectivity index (χ1) is 12.8. The van der Waals surface area contributed by atoms with E-state index in [4.69, 9.17) is 4.74 Å². The number of piperidine rings is 1. The fraction of sp³-hybridized carbons (Fsp3) is 0.789. The van der Waals surface area contributed by atoms with E-state index in [1.165, 1.54) is 6.92 Å². The Morgan fingerprint density at radius 2 is 1.57 bits per heavy atom.